The summed E-state index contributed by atoms with van der Waals surface area (Å²) in [5.41, 5.74) is 6.72. The van der Waals surface area contributed by atoms with Crippen molar-refractivity contribution in [2.24, 2.45) is 11.7 Å². The molecule has 1 saturated heterocycles. The third kappa shape index (κ3) is 1.84. The average Bonchev–Trinajstić information content (AvgIpc) is 2.45. The number of anilines is 1. The van der Waals surface area contributed by atoms with Crippen molar-refractivity contribution in [3.05, 3.63) is 23.9 Å². The molecule has 2 aliphatic rings. The predicted octanol–water partition coefficient (Wildman–Crippen LogP) is 0.870. The highest BCUT2D eigenvalue weighted by Gasteiger charge is 2.50. The van der Waals surface area contributed by atoms with Gasteiger partial charge in [0.1, 0.15) is 11.9 Å². The first-order valence-electron chi connectivity index (χ1n) is 6.29. The number of hydrogen-bond acceptors (Lipinski definition) is 5. The molecule has 1 aromatic heterocycles. The molecule has 94 valence electrons. The molecule has 3 rings (SSSR count). The van der Waals surface area contributed by atoms with Crippen LogP contribution in [0.3, 0.4) is 0 Å². The molecule has 4 atom stereocenters. The molecule has 1 aliphatic heterocycles. The number of pyridine rings is 1. The third-order valence-electron chi connectivity index (χ3n) is 3.88. The van der Waals surface area contributed by atoms with Crippen LogP contribution in [0.1, 0.15) is 18.4 Å². The highest BCUT2D eigenvalue weighted by molar-refractivity contribution is 5.41. The van der Waals surface area contributed by atoms with E-state index in [1.165, 1.54) is 0 Å². The standard InChI is InChI=1S/C13H16N4O/c14-6-8-3-4-10(16-7-8)17-12-11(15)9-2-1-5-18-13(9)12/h3-4,7,9,11-13H,1-2,5,15H2,(H,16,17). The van der Waals surface area contributed by atoms with Crippen LogP contribution in [-0.4, -0.2) is 29.8 Å². The number of fused-ring (bicyclic) bond motifs is 1. The number of nitrogens with one attached hydrogen (secondary N) is 1. The van der Waals surface area contributed by atoms with E-state index in [9.17, 15) is 0 Å². The van der Waals surface area contributed by atoms with Gasteiger partial charge in [0, 0.05) is 24.8 Å². The molecule has 5 nitrogen and oxygen atoms in total. The molecule has 3 N–H and O–H groups in total. The van der Waals surface area contributed by atoms with E-state index in [4.69, 9.17) is 15.7 Å². The minimum atomic E-state index is 0.132. The smallest absolute Gasteiger partial charge is 0.126 e. The van der Waals surface area contributed by atoms with E-state index < -0.39 is 0 Å². The van der Waals surface area contributed by atoms with Gasteiger partial charge in [-0.25, -0.2) is 4.98 Å². The van der Waals surface area contributed by atoms with E-state index in [1.807, 2.05) is 6.07 Å². The van der Waals surface area contributed by atoms with Crippen LogP contribution in [0.15, 0.2) is 18.3 Å². The summed E-state index contributed by atoms with van der Waals surface area (Å²) in [6.45, 7) is 0.826. The van der Waals surface area contributed by atoms with E-state index in [0.29, 0.717) is 11.5 Å². The fourth-order valence-corrected chi connectivity index (χ4v) is 2.84. The lowest BCUT2D eigenvalue weighted by atomic mass is 9.68. The first-order chi connectivity index (χ1) is 8.79. The van der Waals surface area contributed by atoms with E-state index >= 15 is 0 Å². The topological polar surface area (TPSA) is 84.0 Å². The lowest BCUT2D eigenvalue weighted by Gasteiger charge is -2.52. The summed E-state index contributed by atoms with van der Waals surface area (Å²) in [6, 6.07) is 5.87. The lowest BCUT2D eigenvalue weighted by Crippen LogP contribution is -2.69. The Morgan fingerprint density at radius 2 is 2.39 bits per heavy atom. The van der Waals surface area contributed by atoms with Crippen LogP contribution < -0.4 is 11.1 Å². The Hall–Kier alpha value is -1.64. The van der Waals surface area contributed by atoms with Gasteiger partial charge in [0.15, 0.2) is 0 Å². The minimum absolute atomic E-state index is 0.132. The summed E-state index contributed by atoms with van der Waals surface area (Å²) < 4.78 is 5.75. The van der Waals surface area contributed by atoms with E-state index in [-0.39, 0.29) is 18.2 Å². The minimum Gasteiger partial charge on any atom is -0.376 e. The third-order valence-corrected chi connectivity index (χ3v) is 3.88. The Morgan fingerprint density at radius 3 is 3.11 bits per heavy atom. The van der Waals surface area contributed by atoms with Crippen LogP contribution in [0, 0.1) is 17.2 Å². The Bertz CT molecular complexity index is 467. The van der Waals surface area contributed by atoms with Crippen molar-refractivity contribution in [2.75, 3.05) is 11.9 Å². The van der Waals surface area contributed by atoms with Crippen molar-refractivity contribution in [3.8, 4) is 6.07 Å². The van der Waals surface area contributed by atoms with Gasteiger partial charge in [-0.15, -0.1) is 0 Å². The van der Waals surface area contributed by atoms with Crippen LogP contribution in [0.2, 0.25) is 0 Å². The number of rotatable bonds is 2. The maximum absolute atomic E-state index is 8.71. The molecule has 18 heavy (non-hydrogen) atoms. The number of nitriles is 1. The summed E-state index contributed by atoms with van der Waals surface area (Å²) in [4.78, 5) is 4.20. The number of aromatic nitrogens is 1. The molecular weight excluding hydrogens is 228 g/mol. The fourth-order valence-electron chi connectivity index (χ4n) is 2.84. The zero-order chi connectivity index (χ0) is 12.5. The second-order valence-electron chi connectivity index (χ2n) is 4.93. The first kappa shape index (κ1) is 11.5. The van der Waals surface area contributed by atoms with Crippen LogP contribution >= 0.6 is 0 Å². The van der Waals surface area contributed by atoms with Gasteiger partial charge in [0.2, 0.25) is 0 Å². The molecule has 2 heterocycles. The number of ether oxygens (including phenoxy) is 1. The van der Waals surface area contributed by atoms with Gasteiger partial charge in [-0.3, -0.25) is 0 Å². The van der Waals surface area contributed by atoms with Crippen molar-refractivity contribution >= 4 is 5.82 Å². The van der Waals surface area contributed by atoms with Gasteiger partial charge in [-0.05, 0) is 25.0 Å². The molecule has 5 heteroatoms. The van der Waals surface area contributed by atoms with Gasteiger partial charge < -0.3 is 15.8 Å². The van der Waals surface area contributed by atoms with E-state index in [2.05, 4.69) is 10.3 Å². The van der Waals surface area contributed by atoms with Crippen LogP contribution in [0.25, 0.3) is 0 Å². The Morgan fingerprint density at radius 1 is 1.50 bits per heavy atom. The molecule has 2 fully saturated rings. The highest BCUT2D eigenvalue weighted by atomic mass is 16.5. The predicted molar refractivity (Wildman–Crippen MR) is 66.8 cm³/mol. The van der Waals surface area contributed by atoms with Crippen molar-refractivity contribution in [1.82, 2.24) is 4.98 Å². The molecule has 1 aliphatic carbocycles. The summed E-state index contributed by atoms with van der Waals surface area (Å²) in [5, 5.41) is 12.0. The van der Waals surface area contributed by atoms with Crippen LogP contribution in [-0.2, 0) is 4.74 Å². The Kier molecular flexibility index (Phi) is 2.90. The summed E-state index contributed by atoms with van der Waals surface area (Å²) in [6.07, 6.45) is 4.04. The lowest BCUT2D eigenvalue weighted by molar-refractivity contribution is -0.104. The van der Waals surface area contributed by atoms with Crippen LogP contribution in [0.4, 0.5) is 5.82 Å². The molecule has 4 unspecified atom stereocenters. The Balaban J connectivity index is 1.67. The number of nitrogens with zero attached hydrogens (tertiary/aromatic N) is 2. The number of nitrogens with two attached hydrogens (primary N) is 1. The fraction of sp³-hybridized carbons (Fsp3) is 0.538. The molecule has 0 radical (unpaired) electrons. The summed E-state index contributed by atoms with van der Waals surface area (Å²) >= 11 is 0. The van der Waals surface area contributed by atoms with E-state index in [0.717, 1.165) is 25.3 Å². The van der Waals surface area contributed by atoms with Gasteiger partial charge in [0.25, 0.3) is 0 Å². The maximum Gasteiger partial charge on any atom is 0.126 e. The summed E-state index contributed by atoms with van der Waals surface area (Å²) in [5.74, 6) is 1.23. The summed E-state index contributed by atoms with van der Waals surface area (Å²) in [7, 11) is 0. The molecule has 1 aromatic rings. The van der Waals surface area contributed by atoms with E-state index in [1.54, 1.807) is 18.3 Å². The van der Waals surface area contributed by atoms with Crippen molar-refractivity contribution in [2.45, 2.75) is 31.0 Å². The molecule has 0 spiro atoms. The molecule has 0 bridgehead atoms. The second-order valence-corrected chi connectivity index (χ2v) is 4.93. The quantitative estimate of drug-likeness (QED) is 0.806. The second kappa shape index (κ2) is 4.56. The number of hydrogen-bond donors (Lipinski definition) is 2. The van der Waals surface area contributed by atoms with Crippen LogP contribution in [0.5, 0.6) is 0 Å². The van der Waals surface area contributed by atoms with Gasteiger partial charge in [-0.2, -0.15) is 5.26 Å². The SMILES string of the molecule is N#Cc1ccc(NC2C(N)C3CCCOC32)nc1. The normalized spacial score (nSPS) is 34.0. The maximum atomic E-state index is 8.71. The monoisotopic (exact) mass is 244 g/mol. The molecular formula is C13H16N4O. The average molecular weight is 244 g/mol. The highest BCUT2D eigenvalue weighted by Crippen LogP contribution is 2.38. The van der Waals surface area contributed by atoms with Gasteiger partial charge in [-0.1, -0.05) is 0 Å². The van der Waals surface area contributed by atoms with Crippen molar-refractivity contribution < 1.29 is 4.74 Å². The van der Waals surface area contributed by atoms with Crippen molar-refractivity contribution in [1.29, 1.82) is 5.26 Å². The first-order valence-corrected chi connectivity index (χ1v) is 6.29. The molecule has 0 aromatic carbocycles. The molecule has 1 saturated carbocycles. The van der Waals surface area contributed by atoms with Gasteiger partial charge >= 0.3 is 0 Å². The largest absolute Gasteiger partial charge is 0.376 e. The Labute approximate surface area is 106 Å². The zero-order valence-electron chi connectivity index (χ0n) is 10.0. The zero-order valence-corrected chi connectivity index (χ0v) is 10.0. The van der Waals surface area contributed by atoms with Crippen molar-refractivity contribution in [3.63, 3.8) is 0 Å². The molecule has 0 amide bonds. The van der Waals surface area contributed by atoms with Gasteiger partial charge in [0.05, 0.1) is 17.7 Å².